The number of benzene rings is 1. The van der Waals surface area contributed by atoms with Crippen LogP contribution in [0.15, 0.2) is 18.2 Å². The maximum atomic E-state index is 11.7. The fourth-order valence-corrected chi connectivity index (χ4v) is 2.22. The molecule has 1 N–H and O–H groups in total. The van der Waals surface area contributed by atoms with E-state index in [0.717, 1.165) is 24.0 Å². The maximum absolute atomic E-state index is 11.7. The van der Waals surface area contributed by atoms with E-state index in [1.54, 1.807) is 18.2 Å². The monoisotopic (exact) mass is 278 g/mol. The van der Waals surface area contributed by atoms with Crippen LogP contribution in [0.5, 0.6) is 5.75 Å². The first-order chi connectivity index (χ1) is 9.44. The first-order valence-electron chi connectivity index (χ1n) is 6.54. The van der Waals surface area contributed by atoms with Crippen molar-refractivity contribution >= 4 is 11.8 Å². The van der Waals surface area contributed by atoms with E-state index in [0.29, 0.717) is 12.2 Å². The summed E-state index contributed by atoms with van der Waals surface area (Å²) in [5, 5.41) is 9.87. The van der Waals surface area contributed by atoms with Crippen molar-refractivity contribution in [2.45, 2.75) is 31.8 Å². The molecule has 1 aromatic rings. The number of hydrogen-bond acceptors (Lipinski definition) is 5. The molecule has 0 aliphatic heterocycles. The quantitative estimate of drug-likeness (QED) is 0.845. The molecule has 0 amide bonds. The number of fused-ring (bicyclic) bond motifs is 1. The van der Waals surface area contributed by atoms with Crippen molar-refractivity contribution in [3.8, 4) is 5.75 Å². The van der Waals surface area contributed by atoms with Gasteiger partial charge in [-0.2, -0.15) is 0 Å². The number of rotatable bonds is 4. The number of methoxy groups -OCH3 is 1. The molecule has 0 spiro atoms. The first kappa shape index (κ1) is 14.5. The molecular weight excluding hydrogens is 260 g/mol. The van der Waals surface area contributed by atoms with Crippen molar-refractivity contribution in [1.29, 1.82) is 0 Å². The van der Waals surface area contributed by atoms with E-state index in [-0.39, 0.29) is 12.4 Å². The van der Waals surface area contributed by atoms with Gasteiger partial charge in [0.2, 0.25) is 0 Å². The lowest BCUT2D eigenvalue weighted by Gasteiger charge is -2.21. The Morgan fingerprint density at radius 2 is 2.15 bits per heavy atom. The number of carbonyl (C=O) groups is 2. The van der Waals surface area contributed by atoms with Gasteiger partial charge in [0.15, 0.2) is 11.4 Å². The van der Waals surface area contributed by atoms with Gasteiger partial charge in [0.25, 0.3) is 0 Å². The predicted octanol–water partition coefficient (Wildman–Crippen LogP) is 1.51. The number of ether oxygens (including phenoxy) is 2. The molecule has 0 saturated carbocycles. The van der Waals surface area contributed by atoms with Crippen LogP contribution in [-0.4, -0.2) is 36.2 Å². The average molecular weight is 278 g/mol. The highest BCUT2D eigenvalue weighted by atomic mass is 16.6. The minimum absolute atomic E-state index is 0.152. The minimum Gasteiger partial charge on any atom is -0.490 e. The Morgan fingerprint density at radius 1 is 1.40 bits per heavy atom. The van der Waals surface area contributed by atoms with Crippen LogP contribution in [0.25, 0.3) is 0 Å². The van der Waals surface area contributed by atoms with E-state index < -0.39 is 11.6 Å². The van der Waals surface area contributed by atoms with E-state index in [4.69, 9.17) is 4.74 Å². The zero-order valence-electron chi connectivity index (χ0n) is 11.6. The highest BCUT2D eigenvalue weighted by molar-refractivity contribution is 5.98. The number of hydrogen-bond donors (Lipinski definition) is 1. The van der Waals surface area contributed by atoms with Crippen molar-refractivity contribution in [1.82, 2.24) is 0 Å². The Kier molecular flexibility index (Phi) is 4.09. The van der Waals surface area contributed by atoms with Gasteiger partial charge in [0.05, 0.1) is 7.11 Å². The number of carbonyl (C=O) groups excluding carboxylic acids is 2. The van der Waals surface area contributed by atoms with Crippen molar-refractivity contribution in [2.24, 2.45) is 0 Å². The maximum Gasteiger partial charge on any atom is 0.341 e. The fourth-order valence-electron chi connectivity index (χ4n) is 2.22. The lowest BCUT2D eigenvalue weighted by Crippen LogP contribution is -2.42. The highest BCUT2D eigenvalue weighted by Gasteiger charge is 2.32. The summed E-state index contributed by atoms with van der Waals surface area (Å²) in [5.74, 6) is -0.0624. The Morgan fingerprint density at radius 3 is 2.85 bits per heavy atom. The van der Waals surface area contributed by atoms with Crippen LogP contribution in [-0.2, 0) is 16.0 Å². The van der Waals surface area contributed by atoms with Gasteiger partial charge < -0.3 is 14.6 Å². The first-order valence-corrected chi connectivity index (χ1v) is 6.54. The Bertz CT molecular complexity index is 533. The molecule has 5 heteroatoms. The summed E-state index contributed by atoms with van der Waals surface area (Å²) in [4.78, 5) is 23.0. The number of aryl methyl sites for hydroxylation is 1. The topological polar surface area (TPSA) is 72.8 Å². The van der Waals surface area contributed by atoms with Crippen LogP contribution in [0.4, 0.5) is 0 Å². The summed E-state index contributed by atoms with van der Waals surface area (Å²) in [7, 11) is 1.21. The SMILES string of the molecule is COC(=O)C(C)(O)COc1ccc2c(c1)CCCC2=O. The molecule has 0 aromatic heterocycles. The van der Waals surface area contributed by atoms with E-state index in [1.807, 2.05) is 0 Å². The minimum atomic E-state index is -1.69. The number of Topliss-reactive ketones (excluding diaryl/α,β-unsaturated/α-hetero) is 1. The predicted molar refractivity (Wildman–Crippen MR) is 71.8 cm³/mol. The second-order valence-corrected chi connectivity index (χ2v) is 5.15. The van der Waals surface area contributed by atoms with E-state index >= 15 is 0 Å². The van der Waals surface area contributed by atoms with Gasteiger partial charge in [-0.1, -0.05) is 0 Å². The van der Waals surface area contributed by atoms with Gasteiger partial charge in [-0.25, -0.2) is 4.79 Å². The normalized spacial score (nSPS) is 17.1. The zero-order chi connectivity index (χ0) is 14.8. The second kappa shape index (κ2) is 5.63. The smallest absolute Gasteiger partial charge is 0.341 e. The van der Waals surface area contributed by atoms with Gasteiger partial charge in [-0.05, 0) is 43.5 Å². The third kappa shape index (κ3) is 2.99. The van der Waals surface area contributed by atoms with Crippen LogP contribution in [0.3, 0.4) is 0 Å². The van der Waals surface area contributed by atoms with E-state index in [2.05, 4.69) is 4.74 Å². The summed E-state index contributed by atoms with van der Waals surface area (Å²) in [6.07, 6.45) is 2.27. The van der Waals surface area contributed by atoms with Crippen LogP contribution < -0.4 is 4.74 Å². The van der Waals surface area contributed by atoms with Gasteiger partial charge in [-0.15, -0.1) is 0 Å². The molecule has 1 aliphatic rings. The molecule has 0 bridgehead atoms. The molecule has 0 fully saturated rings. The number of ketones is 1. The van der Waals surface area contributed by atoms with Crippen LogP contribution >= 0.6 is 0 Å². The van der Waals surface area contributed by atoms with E-state index in [9.17, 15) is 14.7 Å². The lowest BCUT2D eigenvalue weighted by atomic mass is 9.90. The molecule has 1 atom stereocenters. The van der Waals surface area contributed by atoms with Gasteiger partial charge in [-0.3, -0.25) is 4.79 Å². The summed E-state index contributed by atoms with van der Waals surface area (Å²) in [6.45, 7) is 1.13. The lowest BCUT2D eigenvalue weighted by molar-refractivity contribution is -0.163. The third-order valence-corrected chi connectivity index (χ3v) is 3.37. The molecule has 108 valence electrons. The van der Waals surface area contributed by atoms with Gasteiger partial charge >= 0.3 is 5.97 Å². The van der Waals surface area contributed by atoms with Crippen molar-refractivity contribution in [2.75, 3.05) is 13.7 Å². The van der Waals surface area contributed by atoms with Crippen LogP contribution in [0, 0.1) is 0 Å². The van der Waals surface area contributed by atoms with E-state index in [1.165, 1.54) is 14.0 Å². The summed E-state index contributed by atoms with van der Waals surface area (Å²) < 4.78 is 9.93. The Labute approximate surface area is 117 Å². The Balaban J connectivity index is 2.08. The average Bonchev–Trinajstić information content (AvgIpc) is 2.44. The molecule has 2 rings (SSSR count). The molecule has 0 saturated heterocycles. The Hall–Kier alpha value is -1.88. The number of esters is 1. The van der Waals surface area contributed by atoms with Crippen molar-refractivity contribution < 1.29 is 24.2 Å². The second-order valence-electron chi connectivity index (χ2n) is 5.15. The molecule has 5 nitrogen and oxygen atoms in total. The van der Waals surface area contributed by atoms with Crippen molar-refractivity contribution in [3.63, 3.8) is 0 Å². The van der Waals surface area contributed by atoms with Gasteiger partial charge in [0.1, 0.15) is 12.4 Å². The molecule has 1 aliphatic carbocycles. The molecule has 0 heterocycles. The zero-order valence-corrected chi connectivity index (χ0v) is 11.6. The van der Waals surface area contributed by atoms with Crippen molar-refractivity contribution in [3.05, 3.63) is 29.3 Å². The fraction of sp³-hybridized carbons (Fsp3) is 0.467. The molecule has 0 radical (unpaired) electrons. The third-order valence-electron chi connectivity index (χ3n) is 3.37. The molecular formula is C15H18O5. The number of aliphatic hydroxyl groups is 1. The summed E-state index contributed by atoms with van der Waals surface area (Å²) >= 11 is 0. The van der Waals surface area contributed by atoms with Crippen LogP contribution in [0.1, 0.15) is 35.7 Å². The summed E-state index contributed by atoms with van der Waals surface area (Å²) in [6, 6.07) is 5.20. The summed E-state index contributed by atoms with van der Waals surface area (Å²) in [5.41, 5.74) is 0.000273. The van der Waals surface area contributed by atoms with Crippen LogP contribution in [0.2, 0.25) is 0 Å². The largest absolute Gasteiger partial charge is 0.490 e. The highest BCUT2D eigenvalue weighted by Crippen LogP contribution is 2.26. The molecule has 1 unspecified atom stereocenters. The van der Waals surface area contributed by atoms with Gasteiger partial charge in [0, 0.05) is 12.0 Å². The molecule has 1 aromatic carbocycles. The molecule has 20 heavy (non-hydrogen) atoms. The standard InChI is InChI=1S/C15H18O5/c1-15(18,14(17)19-2)9-20-11-6-7-12-10(8-11)4-3-5-13(12)16/h6-8,18H,3-5,9H2,1-2H3.